The fourth-order valence-electron chi connectivity index (χ4n) is 1.97. The van der Waals surface area contributed by atoms with Gasteiger partial charge in [-0.15, -0.1) is 0 Å². The van der Waals surface area contributed by atoms with E-state index in [0.717, 1.165) is 11.3 Å². The standard InChI is InChI=1S/C13H14ClN3O2/c1-7-5-12(19)16-17-13(7)9-3-4-11(10(14)6-9)15-8(2)18/h3-4,6-7H,5H2,1-2H3,(H,15,18)(H,16,19)/t7-/m1/s1. The van der Waals surface area contributed by atoms with Crippen molar-refractivity contribution in [2.45, 2.75) is 20.3 Å². The quantitative estimate of drug-likeness (QED) is 0.871. The van der Waals surface area contributed by atoms with Crippen molar-refractivity contribution >= 4 is 34.8 Å². The van der Waals surface area contributed by atoms with Crippen molar-refractivity contribution in [3.05, 3.63) is 28.8 Å². The number of carbonyl (C=O) groups is 2. The van der Waals surface area contributed by atoms with Gasteiger partial charge in [0.1, 0.15) is 0 Å². The molecule has 1 aliphatic rings. The van der Waals surface area contributed by atoms with Gasteiger partial charge in [-0.3, -0.25) is 9.59 Å². The number of anilines is 1. The summed E-state index contributed by atoms with van der Waals surface area (Å²) in [5.41, 5.74) is 4.65. The molecular formula is C13H14ClN3O2. The molecule has 0 radical (unpaired) electrons. The molecule has 0 saturated carbocycles. The molecule has 1 atom stereocenters. The number of hydrogen-bond donors (Lipinski definition) is 2. The number of carbonyl (C=O) groups excluding carboxylic acids is 2. The van der Waals surface area contributed by atoms with Crippen LogP contribution in [0.15, 0.2) is 23.3 Å². The van der Waals surface area contributed by atoms with Gasteiger partial charge in [0.15, 0.2) is 0 Å². The molecule has 2 amide bonds. The Morgan fingerprint density at radius 2 is 2.26 bits per heavy atom. The van der Waals surface area contributed by atoms with E-state index in [1.807, 2.05) is 13.0 Å². The summed E-state index contributed by atoms with van der Waals surface area (Å²) in [5.74, 6) is -0.223. The molecular weight excluding hydrogens is 266 g/mol. The Labute approximate surface area is 116 Å². The Morgan fingerprint density at radius 3 is 2.84 bits per heavy atom. The fourth-order valence-corrected chi connectivity index (χ4v) is 2.20. The topological polar surface area (TPSA) is 70.6 Å². The molecule has 0 spiro atoms. The number of nitrogens with zero attached hydrogens (tertiary/aromatic N) is 1. The molecule has 0 saturated heterocycles. The molecule has 6 heteroatoms. The lowest BCUT2D eigenvalue weighted by molar-refractivity contribution is -0.122. The highest BCUT2D eigenvalue weighted by Gasteiger charge is 2.22. The minimum atomic E-state index is -0.176. The molecule has 0 aromatic heterocycles. The Kier molecular flexibility index (Phi) is 3.85. The van der Waals surface area contributed by atoms with E-state index in [0.29, 0.717) is 17.1 Å². The van der Waals surface area contributed by atoms with Crippen LogP contribution in [0, 0.1) is 5.92 Å². The first-order valence-corrected chi connectivity index (χ1v) is 6.29. The summed E-state index contributed by atoms with van der Waals surface area (Å²) in [6.07, 6.45) is 0.407. The Bertz CT molecular complexity index is 569. The normalized spacial score (nSPS) is 18.6. The number of hydrazone groups is 1. The molecule has 1 aromatic carbocycles. The highest BCUT2D eigenvalue weighted by atomic mass is 35.5. The van der Waals surface area contributed by atoms with Crippen LogP contribution in [0.5, 0.6) is 0 Å². The molecule has 5 nitrogen and oxygen atoms in total. The average molecular weight is 280 g/mol. The van der Waals surface area contributed by atoms with Gasteiger partial charge in [0.05, 0.1) is 16.4 Å². The van der Waals surface area contributed by atoms with E-state index in [1.165, 1.54) is 6.92 Å². The predicted octanol–water partition coefficient (Wildman–Crippen LogP) is 2.16. The first-order valence-electron chi connectivity index (χ1n) is 5.91. The van der Waals surface area contributed by atoms with Crippen LogP contribution < -0.4 is 10.7 Å². The summed E-state index contributed by atoms with van der Waals surface area (Å²) in [6, 6.07) is 5.29. The smallest absolute Gasteiger partial charge is 0.240 e. The van der Waals surface area contributed by atoms with Gasteiger partial charge in [-0.25, -0.2) is 5.43 Å². The van der Waals surface area contributed by atoms with Gasteiger partial charge in [-0.1, -0.05) is 24.6 Å². The monoisotopic (exact) mass is 279 g/mol. The molecule has 2 rings (SSSR count). The average Bonchev–Trinajstić information content (AvgIpc) is 2.31. The number of amides is 2. The Hall–Kier alpha value is -1.88. The van der Waals surface area contributed by atoms with E-state index in [9.17, 15) is 9.59 Å². The molecule has 2 N–H and O–H groups in total. The number of halogens is 1. The zero-order chi connectivity index (χ0) is 14.0. The molecule has 1 aliphatic heterocycles. The number of nitrogens with one attached hydrogen (secondary N) is 2. The van der Waals surface area contributed by atoms with Crippen molar-refractivity contribution in [3.8, 4) is 0 Å². The van der Waals surface area contributed by atoms with E-state index in [-0.39, 0.29) is 17.7 Å². The third kappa shape index (κ3) is 3.12. The van der Waals surface area contributed by atoms with Gasteiger partial charge in [0, 0.05) is 19.3 Å². The minimum Gasteiger partial charge on any atom is -0.325 e. The van der Waals surface area contributed by atoms with Crippen molar-refractivity contribution in [2.24, 2.45) is 11.0 Å². The maximum absolute atomic E-state index is 11.2. The SMILES string of the molecule is CC(=O)Nc1ccc(C2=NNC(=O)C[C@H]2C)cc1Cl. The highest BCUT2D eigenvalue weighted by molar-refractivity contribution is 6.34. The predicted molar refractivity (Wildman–Crippen MR) is 74.2 cm³/mol. The van der Waals surface area contributed by atoms with Crippen LogP contribution >= 0.6 is 11.6 Å². The van der Waals surface area contributed by atoms with Crippen LogP contribution in [-0.4, -0.2) is 17.5 Å². The van der Waals surface area contributed by atoms with Gasteiger partial charge in [0.25, 0.3) is 0 Å². The molecule has 0 bridgehead atoms. The van der Waals surface area contributed by atoms with E-state index in [2.05, 4.69) is 15.8 Å². The van der Waals surface area contributed by atoms with Crippen molar-refractivity contribution < 1.29 is 9.59 Å². The van der Waals surface area contributed by atoms with E-state index >= 15 is 0 Å². The van der Waals surface area contributed by atoms with Gasteiger partial charge in [0.2, 0.25) is 11.8 Å². The molecule has 100 valence electrons. The molecule has 1 aromatic rings. The lowest BCUT2D eigenvalue weighted by atomic mass is 9.94. The summed E-state index contributed by atoms with van der Waals surface area (Å²) in [7, 11) is 0. The van der Waals surface area contributed by atoms with Crippen molar-refractivity contribution in [1.82, 2.24) is 5.43 Å². The van der Waals surface area contributed by atoms with E-state index in [4.69, 9.17) is 11.6 Å². The minimum absolute atomic E-state index is 0.0384. The lowest BCUT2D eigenvalue weighted by Gasteiger charge is -2.19. The Balaban J connectivity index is 2.29. The second-order valence-electron chi connectivity index (χ2n) is 4.51. The van der Waals surface area contributed by atoms with E-state index in [1.54, 1.807) is 12.1 Å². The molecule has 0 fully saturated rings. The van der Waals surface area contributed by atoms with Crippen LogP contribution in [0.25, 0.3) is 0 Å². The first-order chi connectivity index (χ1) is 8.97. The van der Waals surface area contributed by atoms with Crippen LogP contribution in [0.4, 0.5) is 5.69 Å². The molecule has 0 unspecified atom stereocenters. The van der Waals surface area contributed by atoms with Crippen LogP contribution in [0.1, 0.15) is 25.8 Å². The van der Waals surface area contributed by atoms with Gasteiger partial charge in [-0.2, -0.15) is 5.10 Å². The van der Waals surface area contributed by atoms with Crippen molar-refractivity contribution in [1.29, 1.82) is 0 Å². The summed E-state index contributed by atoms with van der Waals surface area (Å²) in [6.45, 7) is 3.36. The summed E-state index contributed by atoms with van der Waals surface area (Å²) >= 11 is 6.11. The van der Waals surface area contributed by atoms with Crippen LogP contribution in [0.2, 0.25) is 5.02 Å². The van der Waals surface area contributed by atoms with Gasteiger partial charge in [-0.05, 0) is 17.7 Å². The van der Waals surface area contributed by atoms with Crippen LogP contribution in [-0.2, 0) is 9.59 Å². The number of hydrogen-bond acceptors (Lipinski definition) is 3. The molecule has 19 heavy (non-hydrogen) atoms. The van der Waals surface area contributed by atoms with Crippen molar-refractivity contribution in [3.63, 3.8) is 0 Å². The van der Waals surface area contributed by atoms with Gasteiger partial charge >= 0.3 is 0 Å². The zero-order valence-electron chi connectivity index (χ0n) is 10.7. The first kappa shape index (κ1) is 13.5. The summed E-state index contributed by atoms with van der Waals surface area (Å²) in [4.78, 5) is 22.2. The van der Waals surface area contributed by atoms with E-state index < -0.39 is 0 Å². The third-order valence-electron chi connectivity index (χ3n) is 2.83. The largest absolute Gasteiger partial charge is 0.325 e. The maximum Gasteiger partial charge on any atom is 0.240 e. The molecule has 0 aliphatic carbocycles. The number of rotatable bonds is 2. The second kappa shape index (κ2) is 5.40. The maximum atomic E-state index is 11.2. The second-order valence-corrected chi connectivity index (χ2v) is 4.92. The van der Waals surface area contributed by atoms with Gasteiger partial charge < -0.3 is 5.32 Å². The Morgan fingerprint density at radius 1 is 1.53 bits per heavy atom. The summed E-state index contributed by atoms with van der Waals surface area (Å²) in [5, 5.41) is 7.15. The zero-order valence-corrected chi connectivity index (χ0v) is 11.4. The fraction of sp³-hybridized carbons (Fsp3) is 0.308. The van der Waals surface area contributed by atoms with Crippen LogP contribution in [0.3, 0.4) is 0 Å². The number of benzene rings is 1. The van der Waals surface area contributed by atoms with Crippen molar-refractivity contribution in [2.75, 3.05) is 5.32 Å². The third-order valence-corrected chi connectivity index (χ3v) is 3.15. The highest BCUT2D eigenvalue weighted by Crippen LogP contribution is 2.25. The summed E-state index contributed by atoms with van der Waals surface area (Å²) < 4.78 is 0. The lowest BCUT2D eigenvalue weighted by Crippen LogP contribution is -2.31. The molecule has 1 heterocycles.